The predicted octanol–water partition coefficient (Wildman–Crippen LogP) is 0.836. The minimum atomic E-state index is -0.575. The van der Waals surface area contributed by atoms with E-state index in [1.165, 1.54) is 0 Å². The van der Waals surface area contributed by atoms with Gasteiger partial charge in [-0.15, -0.1) is 6.58 Å². The second-order valence-corrected chi connectivity index (χ2v) is 2.58. The van der Waals surface area contributed by atoms with Crippen LogP contribution in [0.25, 0.3) is 0 Å². The first-order chi connectivity index (χ1) is 5.17. The number of hydrogen-bond donors (Lipinski definition) is 1. The average molecular weight is 149 g/mol. The van der Waals surface area contributed by atoms with Crippen molar-refractivity contribution in [3.8, 4) is 0 Å². The van der Waals surface area contributed by atoms with Gasteiger partial charge in [-0.25, -0.2) is 0 Å². The molecular formula is C8H11N3. The second-order valence-electron chi connectivity index (χ2n) is 2.58. The van der Waals surface area contributed by atoms with Crippen molar-refractivity contribution in [1.29, 1.82) is 0 Å². The summed E-state index contributed by atoms with van der Waals surface area (Å²) in [4.78, 5) is 7.97. The standard InChI is InChI=1S/C8H11N3/c1-3-8(2,9)7-6-10-4-5-11-7/h3-6H,1,9H2,2H3. The van der Waals surface area contributed by atoms with E-state index in [2.05, 4.69) is 16.5 Å². The van der Waals surface area contributed by atoms with E-state index in [1.807, 2.05) is 6.92 Å². The van der Waals surface area contributed by atoms with Crippen LogP contribution in [0.2, 0.25) is 0 Å². The van der Waals surface area contributed by atoms with Gasteiger partial charge in [0, 0.05) is 12.4 Å². The van der Waals surface area contributed by atoms with E-state index < -0.39 is 5.54 Å². The maximum atomic E-state index is 5.82. The molecule has 0 aliphatic carbocycles. The minimum Gasteiger partial charge on any atom is -0.317 e. The fourth-order valence-corrected chi connectivity index (χ4v) is 0.682. The van der Waals surface area contributed by atoms with Gasteiger partial charge in [0.15, 0.2) is 0 Å². The van der Waals surface area contributed by atoms with Gasteiger partial charge in [-0.3, -0.25) is 9.97 Å². The van der Waals surface area contributed by atoms with Gasteiger partial charge in [0.25, 0.3) is 0 Å². The number of hydrogen-bond acceptors (Lipinski definition) is 3. The number of nitrogens with zero attached hydrogens (tertiary/aromatic N) is 2. The van der Waals surface area contributed by atoms with E-state index >= 15 is 0 Å². The van der Waals surface area contributed by atoms with Crippen molar-refractivity contribution in [1.82, 2.24) is 9.97 Å². The van der Waals surface area contributed by atoms with Crippen molar-refractivity contribution in [2.24, 2.45) is 5.73 Å². The molecule has 1 aromatic rings. The molecule has 1 heterocycles. The van der Waals surface area contributed by atoms with Crippen molar-refractivity contribution in [3.05, 3.63) is 36.9 Å². The molecule has 3 heteroatoms. The highest BCUT2D eigenvalue weighted by Gasteiger charge is 2.17. The molecule has 3 nitrogen and oxygen atoms in total. The molecule has 1 aromatic heterocycles. The summed E-state index contributed by atoms with van der Waals surface area (Å²) in [6.45, 7) is 5.45. The molecule has 58 valence electrons. The Morgan fingerprint density at radius 3 is 2.82 bits per heavy atom. The van der Waals surface area contributed by atoms with Gasteiger partial charge in [-0.2, -0.15) is 0 Å². The molecule has 0 amide bonds. The summed E-state index contributed by atoms with van der Waals surface area (Å²) in [5, 5.41) is 0. The summed E-state index contributed by atoms with van der Waals surface area (Å²) in [7, 11) is 0. The average Bonchev–Trinajstić information content (AvgIpc) is 2.06. The van der Waals surface area contributed by atoms with E-state index in [-0.39, 0.29) is 0 Å². The third-order valence-electron chi connectivity index (χ3n) is 1.54. The van der Waals surface area contributed by atoms with Gasteiger partial charge < -0.3 is 5.73 Å². The molecule has 0 aliphatic rings. The molecule has 0 saturated carbocycles. The Hall–Kier alpha value is -1.22. The molecule has 0 spiro atoms. The number of aromatic nitrogens is 2. The lowest BCUT2D eigenvalue weighted by molar-refractivity contribution is 0.604. The Bertz CT molecular complexity index is 241. The van der Waals surface area contributed by atoms with Crippen LogP contribution in [-0.2, 0) is 5.54 Å². The summed E-state index contributed by atoms with van der Waals surface area (Å²) in [5.41, 5.74) is 5.97. The van der Waals surface area contributed by atoms with Gasteiger partial charge in [0.1, 0.15) is 0 Å². The van der Waals surface area contributed by atoms with Crippen molar-refractivity contribution >= 4 is 0 Å². The number of nitrogens with two attached hydrogens (primary N) is 1. The zero-order valence-corrected chi connectivity index (χ0v) is 6.49. The fraction of sp³-hybridized carbons (Fsp3) is 0.250. The van der Waals surface area contributed by atoms with Crippen LogP contribution in [0.5, 0.6) is 0 Å². The van der Waals surface area contributed by atoms with Crippen LogP contribution in [-0.4, -0.2) is 9.97 Å². The molecule has 1 unspecified atom stereocenters. The Morgan fingerprint density at radius 1 is 1.64 bits per heavy atom. The second kappa shape index (κ2) is 2.80. The van der Waals surface area contributed by atoms with Crippen LogP contribution >= 0.6 is 0 Å². The minimum absolute atomic E-state index is 0.575. The van der Waals surface area contributed by atoms with Gasteiger partial charge in [-0.1, -0.05) is 6.08 Å². The smallest absolute Gasteiger partial charge is 0.0821 e. The first kappa shape index (κ1) is 7.88. The van der Waals surface area contributed by atoms with E-state index in [4.69, 9.17) is 5.73 Å². The lowest BCUT2D eigenvalue weighted by Crippen LogP contribution is -2.31. The maximum absolute atomic E-state index is 5.82. The SMILES string of the molecule is C=CC(C)(N)c1cnccn1. The molecule has 1 atom stereocenters. The summed E-state index contributed by atoms with van der Waals surface area (Å²) in [5.74, 6) is 0. The molecule has 0 fully saturated rings. The third kappa shape index (κ3) is 1.62. The normalized spacial score (nSPS) is 15.5. The molecule has 1 rings (SSSR count). The molecular weight excluding hydrogens is 138 g/mol. The highest BCUT2D eigenvalue weighted by molar-refractivity contribution is 5.16. The third-order valence-corrected chi connectivity index (χ3v) is 1.54. The summed E-state index contributed by atoms with van der Waals surface area (Å²) < 4.78 is 0. The quantitative estimate of drug-likeness (QED) is 0.634. The van der Waals surface area contributed by atoms with Gasteiger partial charge in [-0.05, 0) is 6.92 Å². The molecule has 0 aliphatic heterocycles. The van der Waals surface area contributed by atoms with Gasteiger partial charge in [0.2, 0.25) is 0 Å². The molecule has 0 bridgehead atoms. The first-order valence-corrected chi connectivity index (χ1v) is 3.36. The summed E-state index contributed by atoms with van der Waals surface area (Å²) in [6.07, 6.45) is 6.52. The van der Waals surface area contributed by atoms with Gasteiger partial charge in [0.05, 0.1) is 17.4 Å². The Balaban J connectivity index is 3.02. The van der Waals surface area contributed by atoms with Crippen LogP contribution in [0.1, 0.15) is 12.6 Å². The molecule has 0 aromatic carbocycles. The molecule has 0 saturated heterocycles. The van der Waals surface area contributed by atoms with Crippen LogP contribution in [0, 0.1) is 0 Å². The van der Waals surface area contributed by atoms with Crippen LogP contribution in [0.3, 0.4) is 0 Å². The monoisotopic (exact) mass is 149 g/mol. The van der Waals surface area contributed by atoms with Crippen LogP contribution in [0.15, 0.2) is 31.2 Å². The summed E-state index contributed by atoms with van der Waals surface area (Å²) in [6, 6.07) is 0. The van der Waals surface area contributed by atoms with E-state index in [0.29, 0.717) is 0 Å². The fourth-order valence-electron chi connectivity index (χ4n) is 0.682. The molecule has 0 radical (unpaired) electrons. The van der Waals surface area contributed by atoms with Crippen molar-refractivity contribution < 1.29 is 0 Å². The predicted molar refractivity (Wildman–Crippen MR) is 43.8 cm³/mol. The van der Waals surface area contributed by atoms with Gasteiger partial charge >= 0.3 is 0 Å². The topological polar surface area (TPSA) is 51.8 Å². The molecule has 11 heavy (non-hydrogen) atoms. The first-order valence-electron chi connectivity index (χ1n) is 3.36. The molecule has 2 N–H and O–H groups in total. The summed E-state index contributed by atoms with van der Waals surface area (Å²) >= 11 is 0. The lowest BCUT2D eigenvalue weighted by atomic mass is 10.0. The zero-order chi connectivity index (χ0) is 8.32. The van der Waals surface area contributed by atoms with Crippen molar-refractivity contribution in [2.45, 2.75) is 12.5 Å². The Kier molecular flexibility index (Phi) is 2.01. The Morgan fingerprint density at radius 2 is 2.36 bits per heavy atom. The van der Waals surface area contributed by atoms with Crippen molar-refractivity contribution in [3.63, 3.8) is 0 Å². The largest absolute Gasteiger partial charge is 0.317 e. The van der Waals surface area contributed by atoms with Crippen LogP contribution < -0.4 is 5.73 Å². The van der Waals surface area contributed by atoms with E-state index in [1.54, 1.807) is 24.7 Å². The highest BCUT2D eigenvalue weighted by Crippen LogP contribution is 2.13. The van der Waals surface area contributed by atoms with Crippen molar-refractivity contribution in [2.75, 3.05) is 0 Å². The lowest BCUT2D eigenvalue weighted by Gasteiger charge is -2.17. The highest BCUT2D eigenvalue weighted by atomic mass is 14.8. The zero-order valence-electron chi connectivity index (χ0n) is 6.49. The van der Waals surface area contributed by atoms with E-state index in [9.17, 15) is 0 Å². The van der Waals surface area contributed by atoms with Crippen LogP contribution in [0.4, 0.5) is 0 Å². The number of rotatable bonds is 2. The maximum Gasteiger partial charge on any atom is 0.0821 e. The Labute approximate surface area is 66.0 Å². The van der Waals surface area contributed by atoms with E-state index in [0.717, 1.165) is 5.69 Å².